The second-order valence-corrected chi connectivity index (χ2v) is 4.49. The van der Waals surface area contributed by atoms with Crippen LogP contribution in [0.4, 0.5) is 0 Å². The first-order valence-corrected chi connectivity index (χ1v) is 6.45. The van der Waals surface area contributed by atoms with Gasteiger partial charge in [-0.3, -0.25) is 9.48 Å². The summed E-state index contributed by atoms with van der Waals surface area (Å²) in [6.07, 6.45) is 1.30. The highest BCUT2D eigenvalue weighted by molar-refractivity contribution is 5.91. The summed E-state index contributed by atoms with van der Waals surface area (Å²) in [7, 11) is 4.91. The molecule has 0 bridgehead atoms. The second kappa shape index (κ2) is 6.85. The highest BCUT2D eigenvalue weighted by Crippen LogP contribution is 2.20. The van der Waals surface area contributed by atoms with E-state index >= 15 is 0 Å². The molecule has 0 unspecified atom stereocenters. The zero-order chi connectivity index (χ0) is 15.2. The molecule has 7 nitrogen and oxygen atoms in total. The van der Waals surface area contributed by atoms with Crippen LogP contribution in [0.5, 0.6) is 5.75 Å². The molecule has 0 radical (unpaired) electrons. The van der Waals surface area contributed by atoms with Gasteiger partial charge in [0.25, 0.3) is 5.91 Å². The number of carbonyl (C=O) groups is 1. The van der Waals surface area contributed by atoms with Crippen molar-refractivity contribution in [2.45, 2.75) is 6.10 Å². The first kappa shape index (κ1) is 15.0. The zero-order valence-electron chi connectivity index (χ0n) is 12.2. The average molecular weight is 290 g/mol. The van der Waals surface area contributed by atoms with Crippen molar-refractivity contribution in [1.29, 1.82) is 0 Å². The van der Waals surface area contributed by atoms with Gasteiger partial charge in [0.2, 0.25) is 0 Å². The van der Waals surface area contributed by atoms with E-state index in [1.807, 2.05) is 24.3 Å². The minimum absolute atomic E-state index is 0.263. The second-order valence-electron chi connectivity index (χ2n) is 4.49. The maximum atomic E-state index is 11.9. The lowest BCUT2D eigenvalue weighted by Gasteiger charge is -2.16. The molecular formula is C14H18N4O3. The topological polar surface area (TPSA) is 78.3 Å². The third-order valence-corrected chi connectivity index (χ3v) is 3.03. The number of amides is 1. The SMILES string of the molecule is COc1cccc([C@@H](CNC(=O)c2cn(C)nn2)OC)c1. The lowest BCUT2D eigenvalue weighted by atomic mass is 10.1. The van der Waals surface area contributed by atoms with Crippen molar-refractivity contribution < 1.29 is 14.3 Å². The van der Waals surface area contributed by atoms with Crippen molar-refractivity contribution in [3.8, 4) is 5.75 Å². The molecule has 2 aromatic rings. The zero-order valence-corrected chi connectivity index (χ0v) is 12.2. The van der Waals surface area contributed by atoms with Crippen LogP contribution >= 0.6 is 0 Å². The Bertz CT molecular complexity index is 612. The molecule has 0 saturated carbocycles. The number of rotatable bonds is 6. The van der Waals surface area contributed by atoms with Crippen LogP contribution in [0.2, 0.25) is 0 Å². The van der Waals surface area contributed by atoms with E-state index in [9.17, 15) is 4.79 Å². The van der Waals surface area contributed by atoms with Crippen LogP contribution in [-0.2, 0) is 11.8 Å². The van der Waals surface area contributed by atoms with E-state index in [2.05, 4.69) is 15.6 Å². The summed E-state index contributed by atoms with van der Waals surface area (Å²) in [5.74, 6) is 0.461. The molecule has 112 valence electrons. The fourth-order valence-electron chi connectivity index (χ4n) is 1.91. The highest BCUT2D eigenvalue weighted by Gasteiger charge is 2.15. The number of carbonyl (C=O) groups excluding carboxylic acids is 1. The molecule has 0 aliphatic rings. The molecule has 1 atom stereocenters. The molecule has 1 N–H and O–H groups in total. The maximum absolute atomic E-state index is 11.9. The van der Waals surface area contributed by atoms with Gasteiger partial charge < -0.3 is 14.8 Å². The minimum Gasteiger partial charge on any atom is -0.497 e. The number of nitrogens with one attached hydrogen (secondary N) is 1. The smallest absolute Gasteiger partial charge is 0.273 e. The van der Waals surface area contributed by atoms with E-state index in [-0.39, 0.29) is 17.7 Å². The van der Waals surface area contributed by atoms with Crippen molar-refractivity contribution >= 4 is 5.91 Å². The molecule has 0 aliphatic carbocycles. The fourth-order valence-corrected chi connectivity index (χ4v) is 1.91. The molecule has 1 heterocycles. The summed E-state index contributed by atoms with van der Waals surface area (Å²) in [5, 5.41) is 10.3. The van der Waals surface area contributed by atoms with Crippen LogP contribution in [0.3, 0.4) is 0 Å². The number of aromatic nitrogens is 3. The summed E-state index contributed by atoms with van der Waals surface area (Å²) < 4.78 is 12.1. The molecule has 1 amide bonds. The Balaban J connectivity index is 2.00. The van der Waals surface area contributed by atoms with Gasteiger partial charge in [0.05, 0.1) is 19.4 Å². The van der Waals surface area contributed by atoms with Crippen LogP contribution in [0.25, 0.3) is 0 Å². The van der Waals surface area contributed by atoms with E-state index in [0.29, 0.717) is 6.54 Å². The number of hydrogen-bond acceptors (Lipinski definition) is 5. The van der Waals surface area contributed by atoms with E-state index in [0.717, 1.165) is 11.3 Å². The third kappa shape index (κ3) is 3.79. The molecule has 1 aromatic heterocycles. The fraction of sp³-hybridized carbons (Fsp3) is 0.357. The number of aryl methyl sites for hydroxylation is 1. The van der Waals surface area contributed by atoms with E-state index in [4.69, 9.17) is 9.47 Å². The van der Waals surface area contributed by atoms with Gasteiger partial charge in [-0.25, -0.2) is 0 Å². The van der Waals surface area contributed by atoms with Crippen LogP contribution in [0, 0.1) is 0 Å². The normalized spacial score (nSPS) is 12.0. The van der Waals surface area contributed by atoms with Gasteiger partial charge in [-0.15, -0.1) is 5.10 Å². The number of benzene rings is 1. The maximum Gasteiger partial charge on any atom is 0.273 e. The lowest BCUT2D eigenvalue weighted by molar-refractivity contribution is 0.0823. The Kier molecular flexibility index (Phi) is 4.89. The molecule has 0 spiro atoms. The quantitative estimate of drug-likeness (QED) is 0.856. The molecule has 0 aliphatic heterocycles. The number of nitrogens with zero attached hydrogens (tertiary/aromatic N) is 3. The monoisotopic (exact) mass is 290 g/mol. The molecule has 0 saturated heterocycles. The Morgan fingerprint density at radius 3 is 2.86 bits per heavy atom. The van der Waals surface area contributed by atoms with Crippen molar-refractivity contribution in [3.05, 3.63) is 41.7 Å². The predicted octanol–water partition coefficient (Wildman–Crippen LogP) is 0.941. The lowest BCUT2D eigenvalue weighted by Crippen LogP contribution is -2.29. The largest absolute Gasteiger partial charge is 0.497 e. The first-order chi connectivity index (χ1) is 10.1. The molecule has 1 aromatic carbocycles. The van der Waals surface area contributed by atoms with E-state index in [1.54, 1.807) is 27.5 Å². The Hall–Kier alpha value is -2.41. The summed E-state index contributed by atoms with van der Waals surface area (Å²) >= 11 is 0. The summed E-state index contributed by atoms with van der Waals surface area (Å²) in [6.45, 7) is 0.332. The number of hydrogen-bond donors (Lipinski definition) is 1. The van der Waals surface area contributed by atoms with Gasteiger partial charge in [0.15, 0.2) is 5.69 Å². The molecule has 2 rings (SSSR count). The summed E-state index contributed by atoms with van der Waals surface area (Å²) in [6, 6.07) is 7.53. The van der Waals surface area contributed by atoms with Crippen molar-refractivity contribution in [2.75, 3.05) is 20.8 Å². The van der Waals surface area contributed by atoms with Crippen molar-refractivity contribution in [3.63, 3.8) is 0 Å². The molecule has 7 heteroatoms. The van der Waals surface area contributed by atoms with Gasteiger partial charge >= 0.3 is 0 Å². The molecule has 0 fully saturated rings. The van der Waals surface area contributed by atoms with E-state index in [1.165, 1.54) is 4.68 Å². The standard InChI is InChI=1S/C14H18N4O3/c1-18-9-12(16-17-18)14(19)15-8-13(21-3)10-5-4-6-11(7-10)20-2/h4-7,9,13H,8H2,1-3H3,(H,15,19)/t13-/m1/s1. The van der Waals surface area contributed by atoms with E-state index < -0.39 is 0 Å². The van der Waals surface area contributed by atoms with Gasteiger partial charge in [0, 0.05) is 20.7 Å². The van der Waals surface area contributed by atoms with Crippen LogP contribution in [0.1, 0.15) is 22.2 Å². The molecular weight excluding hydrogens is 272 g/mol. The van der Waals surface area contributed by atoms with Gasteiger partial charge in [-0.2, -0.15) is 0 Å². The third-order valence-electron chi connectivity index (χ3n) is 3.03. The van der Waals surface area contributed by atoms with Crippen LogP contribution in [0.15, 0.2) is 30.5 Å². The predicted molar refractivity (Wildman–Crippen MR) is 76.1 cm³/mol. The minimum atomic E-state index is -0.284. The molecule has 21 heavy (non-hydrogen) atoms. The Morgan fingerprint density at radius 2 is 2.24 bits per heavy atom. The van der Waals surface area contributed by atoms with Gasteiger partial charge in [0.1, 0.15) is 5.75 Å². The van der Waals surface area contributed by atoms with Crippen molar-refractivity contribution in [1.82, 2.24) is 20.3 Å². The highest BCUT2D eigenvalue weighted by atomic mass is 16.5. The Morgan fingerprint density at radius 1 is 1.43 bits per heavy atom. The first-order valence-electron chi connectivity index (χ1n) is 6.45. The van der Waals surface area contributed by atoms with Gasteiger partial charge in [-0.05, 0) is 17.7 Å². The number of methoxy groups -OCH3 is 2. The van der Waals surface area contributed by atoms with Crippen LogP contribution < -0.4 is 10.1 Å². The summed E-state index contributed by atoms with van der Waals surface area (Å²) in [5.41, 5.74) is 1.20. The Labute approximate surface area is 122 Å². The number of ether oxygens (including phenoxy) is 2. The van der Waals surface area contributed by atoms with Gasteiger partial charge in [-0.1, -0.05) is 17.3 Å². The van der Waals surface area contributed by atoms with Crippen LogP contribution in [-0.4, -0.2) is 41.7 Å². The average Bonchev–Trinajstić information content (AvgIpc) is 2.94. The summed E-state index contributed by atoms with van der Waals surface area (Å²) in [4.78, 5) is 11.9. The van der Waals surface area contributed by atoms with Crippen molar-refractivity contribution in [2.24, 2.45) is 7.05 Å².